The molecule has 3 aliphatic heterocycles. The topological polar surface area (TPSA) is 59.1 Å². The van der Waals surface area contributed by atoms with Crippen LogP contribution in [-0.4, -0.2) is 71.8 Å². The highest BCUT2D eigenvalue weighted by Crippen LogP contribution is 2.34. The van der Waals surface area contributed by atoms with Crippen molar-refractivity contribution in [3.63, 3.8) is 0 Å². The Balaban J connectivity index is 1.71. The molecule has 0 radical (unpaired) electrons. The van der Waals surface area contributed by atoms with Crippen LogP contribution in [0.15, 0.2) is 18.2 Å². The van der Waals surface area contributed by atoms with Crippen LogP contribution in [0.2, 0.25) is 0 Å². The molecular weight excluding hydrogens is 342 g/mol. The average molecular weight is 371 g/mol. The van der Waals surface area contributed by atoms with Gasteiger partial charge in [0.05, 0.1) is 0 Å². The average Bonchev–Trinajstić information content (AvgIpc) is 3.01. The highest BCUT2D eigenvalue weighted by atomic mass is 16.2. The third-order valence-corrected chi connectivity index (χ3v) is 6.22. The molecule has 4 unspecified atom stereocenters. The Morgan fingerprint density at radius 2 is 1.89 bits per heavy atom. The van der Waals surface area contributed by atoms with Crippen molar-refractivity contribution in [2.45, 2.75) is 46.2 Å². The van der Waals surface area contributed by atoms with E-state index in [-0.39, 0.29) is 30.4 Å². The zero-order valence-corrected chi connectivity index (χ0v) is 16.8. The number of nitrogens with one attached hydrogen (secondary N) is 1. The van der Waals surface area contributed by atoms with E-state index in [1.165, 1.54) is 16.0 Å². The van der Waals surface area contributed by atoms with Crippen molar-refractivity contribution in [3.8, 4) is 0 Å². The van der Waals surface area contributed by atoms with Crippen molar-refractivity contribution in [2.24, 2.45) is 5.92 Å². The second kappa shape index (κ2) is 6.49. The standard InChI is InChI=1S/C20H29N5O2/c1-6-23-18(26)16-17(22(5)20(23)27)21-19-24(10-12(2)11-25(16)19)15-8-7-13(3)14(4)9-15/h7-9,12,16-17,19,21H,6,10-11H2,1-5H3. The van der Waals surface area contributed by atoms with E-state index in [4.69, 9.17) is 0 Å². The van der Waals surface area contributed by atoms with E-state index in [9.17, 15) is 9.59 Å². The van der Waals surface area contributed by atoms with Crippen molar-refractivity contribution in [3.05, 3.63) is 29.3 Å². The molecule has 3 heterocycles. The summed E-state index contributed by atoms with van der Waals surface area (Å²) in [6.45, 7) is 10.5. The van der Waals surface area contributed by atoms with E-state index in [1.54, 1.807) is 11.9 Å². The number of rotatable bonds is 2. The summed E-state index contributed by atoms with van der Waals surface area (Å²) >= 11 is 0. The summed E-state index contributed by atoms with van der Waals surface area (Å²) in [6.07, 6.45) is -0.383. The number of amides is 3. The molecular formula is C20H29N5O2. The summed E-state index contributed by atoms with van der Waals surface area (Å²) in [5.41, 5.74) is 3.68. The minimum Gasteiger partial charge on any atom is -0.343 e. The van der Waals surface area contributed by atoms with Gasteiger partial charge < -0.3 is 9.80 Å². The number of nitrogens with zero attached hydrogens (tertiary/aromatic N) is 4. The number of urea groups is 1. The summed E-state index contributed by atoms with van der Waals surface area (Å²) in [5.74, 6) is 0.337. The number of hydrogen-bond acceptors (Lipinski definition) is 5. The van der Waals surface area contributed by atoms with Crippen LogP contribution in [0.25, 0.3) is 0 Å². The summed E-state index contributed by atoms with van der Waals surface area (Å²) in [7, 11) is 1.78. The van der Waals surface area contributed by atoms with Gasteiger partial charge in [0.25, 0.3) is 5.91 Å². The number of carbonyl (C=O) groups is 2. The molecule has 4 rings (SSSR count). The first-order chi connectivity index (χ1) is 12.8. The van der Waals surface area contributed by atoms with Gasteiger partial charge in [0.2, 0.25) is 0 Å². The quantitative estimate of drug-likeness (QED) is 0.855. The van der Waals surface area contributed by atoms with Crippen LogP contribution >= 0.6 is 0 Å². The van der Waals surface area contributed by atoms with E-state index in [1.807, 2.05) is 6.92 Å². The molecule has 3 fully saturated rings. The molecule has 3 aliphatic rings. The van der Waals surface area contributed by atoms with Gasteiger partial charge in [0, 0.05) is 32.4 Å². The first-order valence-corrected chi connectivity index (χ1v) is 9.77. The molecule has 0 saturated carbocycles. The van der Waals surface area contributed by atoms with Gasteiger partial charge in [-0.2, -0.15) is 0 Å². The van der Waals surface area contributed by atoms with Crippen LogP contribution < -0.4 is 10.2 Å². The van der Waals surface area contributed by atoms with Crippen LogP contribution in [0.4, 0.5) is 10.5 Å². The maximum absolute atomic E-state index is 13.1. The molecule has 27 heavy (non-hydrogen) atoms. The van der Waals surface area contributed by atoms with Crippen LogP contribution in [0.5, 0.6) is 0 Å². The van der Waals surface area contributed by atoms with Crippen molar-refractivity contribution in [1.29, 1.82) is 0 Å². The van der Waals surface area contributed by atoms with Gasteiger partial charge in [0.15, 0.2) is 0 Å². The number of hydrogen-bond donors (Lipinski definition) is 1. The fourth-order valence-corrected chi connectivity index (χ4v) is 4.61. The van der Waals surface area contributed by atoms with Gasteiger partial charge in [-0.05, 0) is 49.9 Å². The van der Waals surface area contributed by atoms with Crippen LogP contribution in [-0.2, 0) is 4.79 Å². The number of benzene rings is 1. The van der Waals surface area contributed by atoms with Gasteiger partial charge in [0.1, 0.15) is 18.5 Å². The SMILES string of the molecule is CCN1C(=O)C2C(NC3N(c4ccc(C)c(C)c4)CC(C)CN23)N(C)C1=O. The fraction of sp³-hybridized carbons (Fsp3) is 0.600. The third-order valence-electron chi connectivity index (χ3n) is 6.22. The molecule has 7 heteroatoms. The second-order valence-corrected chi connectivity index (χ2v) is 8.13. The van der Waals surface area contributed by atoms with Crippen molar-refractivity contribution in [1.82, 2.24) is 20.0 Å². The molecule has 3 amide bonds. The molecule has 0 aromatic heterocycles. The van der Waals surface area contributed by atoms with E-state index in [0.717, 1.165) is 18.8 Å². The number of likely N-dealkylation sites (N-methyl/N-ethyl adjacent to an activating group) is 2. The Labute approximate surface area is 160 Å². The predicted molar refractivity (Wildman–Crippen MR) is 104 cm³/mol. The minimum absolute atomic E-state index is 0.0882. The normalized spacial score (nSPS) is 31.4. The zero-order valence-electron chi connectivity index (χ0n) is 16.8. The van der Waals surface area contributed by atoms with E-state index >= 15 is 0 Å². The largest absolute Gasteiger partial charge is 0.343 e. The molecule has 7 nitrogen and oxygen atoms in total. The Morgan fingerprint density at radius 1 is 1.15 bits per heavy atom. The number of imide groups is 1. The van der Waals surface area contributed by atoms with Gasteiger partial charge in [-0.15, -0.1) is 0 Å². The van der Waals surface area contributed by atoms with E-state index in [0.29, 0.717) is 12.5 Å². The Hall–Kier alpha value is -2.12. The number of carbonyl (C=O) groups excluding carboxylic acids is 2. The summed E-state index contributed by atoms with van der Waals surface area (Å²) < 4.78 is 0. The van der Waals surface area contributed by atoms with Crippen LogP contribution in [0, 0.1) is 19.8 Å². The Bertz CT molecular complexity index is 782. The monoisotopic (exact) mass is 371 g/mol. The lowest BCUT2D eigenvalue weighted by Crippen LogP contribution is -2.66. The van der Waals surface area contributed by atoms with Gasteiger partial charge in [-0.1, -0.05) is 13.0 Å². The lowest BCUT2D eigenvalue weighted by atomic mass is 10.0. The molecule has 3 saturated heterocycles. The Morgan fingerprint density at radius 3 is 2.56 bits per heavy atom. The van der Waals surface area contributed by atoms with Gasteiger partial charge in [-0.3, -0.25) is 19.9 Å². The summed E-state index contributed by atoms with van der Waals surface area (Å²) in [4.78, 5) is 33.3. The highest BCUT2D eigenvalue weighted by Gasteiger charge is 2.56. The molecule has 4 atom stereocenters. The van der Waals surface area contributed by atoms with Crippen LogP contribution in [0.1, 0.15) is 25.0 Å². The van der Waals surface area contributed by atoms with Gasteiger partial charge in [-0.25, -0.2) is 4.79 Å². The molecule has 1 aromatic rings. The van der Waals surface area contributed by atoms with Crippen molar-refractivity contribution < 1.29 is 9.59 Å². The molecule has 0 spiro atoms. The molecule has 0 aliphatic carbocycles. The summed E-state index contributed by atoms with van der Waals surface area (Å²) in [6, 6.07) is 5.95. The highest BCUT2D eigenvalue weighted by molar-refractivity contribution is 6.00. The van der Waals surface area contributed by atoms with Crippen LogP contribution in [0.3, 0.4) is 0 Å². The lowest BCUT2D eigenvalue weighted by Gasteiger charge is -2.46. The number of anilines is 1. The fourth-order valence-electron chi connectivity index (χ4n) is 4.61. The minimum atomic E-state index is -0.338. The van der Waals surface area contributed by atoms with Crippen molar-refractivity contribution >= 4 is 17.6 Å². The zero-order chi connectivity index (χ0) is 19.5. The third kappa shape index (κ3) is 2.72. The molecule has 1 aromatic carbocycles. The predicted octanol–water partition coefficient (Wildman–Crippen LogP) is 1.56. The first-order valence-electron chi connectivity index (χ1n) is 9.77. The van der Waals surface area contributed by atoms with E-state index in [2.05, 4.69) is 54.1 Å². The summed E-state index contributed by atoms with van der Waals surface area (Å²) in [5, 5.41) is 3.56. The molecule has 146 valence electrons. The van der Waals surface area contributed by atoms with E-state index < -0.39 is 0 Å². The molecule has 1 N–H and O–H groups in total. The second-order valence-electron chi connectivity index (χ2n) is 8.13. The van der Waals surface area contributed by atoms with Crippen molar-refractivity contribution in [2.75, 3.05) is 31.6 Å². The number of fused-ring (bicyclic) bond motifs is 3. The Kier molecular flexibility index (Phi) is 4.39. The smallest absolute Gasteiger partial charge is 0.327 e. The maximum Gasteiger partial charge on any atom is 0.327 e. The maximum atomic E-state index is 13.1. The number of aryl methyl sites for hydroxylation is 2. The van der Waals surface area contributed by atoms with Gasteiger partial charge >= 0.3 is 6.03 Å². The molecule has 0 bridgehead atoms. The first kappa shape index (κ1) is 18.3. The lowest BCUT2D eigenvalue weighted by molar-refractivity contribution is -0.138.